The molecule has 1 fully saturated rings. The van der Waals surface area contributed by atoms with E-state index >= 15 is 0 Å². The van der Waals surface area contributed by atoms with Crippen LogP contribution in [0, 0.1) is 5.82 Å². The summed E-state index contributed by atoms with van der Waals surface area (Å²) in [5.74, 6) is -1.10. The first-order valence-electron chi connectivity index (χ1n) is 8.33. The number of nitrogens with two attached hydrogens (primary N) is 1. The molecule has 1 aliphatic rings. The number of primary amides is 1. The van der Waals surface area contributed by atoms with Crippen molar-refractivity contribution in [2.24, 2.45) is 5.73 Å². The normalized spacial score (nSPS) is 15.7. The minimum atomic E-state index is -0.694. The van der Waals surface area contributed by atoms with Gasteiger partial charge in [0.25, 0.3) is 0 Å². The molecule has 0 aromatic heterocycles. The predicted octanol–water partition coefficient (Wildman–Crippen LogP) is 3.48. The van der Waals surface area contributed by atoms with E-state index < -0.39 is 11.3 Å². The maximum absolute atomic E-state index is 13.2. The van der Waals surface area contributed by atoms with Gasteiger partial charge in [-0.2, -0.15) is 0 Å². The lowest BCUT2D eigenvalue weighted by atomic mass is 9.79. The molecule has 2 N–H and O–H groups in total. The summed E-state index contributed by atoms with van der Waals surface area (Å²) in [6.45, 7) is 0.126. The van der Waals surface area contributed by atoms with Crippen molar-refractivity contribution in [2.75, 3.05) is 0 Å². The SMILES string of the molecule is NC(=O)c1ccc(COC(=O)C2(c3ccc(F)cc3)CCCC2)cc1. The fraction of sp³-hybridized carbons (Fsp3) is 0.300. The molecule has 1 aliphatic carbocycles. The number of amides is 1. The molecule has 0 bridgehead atoms. The van der Waals surface area contributed by atoms with Crippen molar-refractivity contribution < 1.29 is 18.7 Å². The molecule has 0 unspecified atom stereocenters. The molecule has 3 rings (SSSR count). The first-order valence-corrected chi connectivity index (χ1v) is 8.33. The molecule has 2 aromatic rings. The quantitative estimate of drug-likeness (QED) is 0.847. The third-order valence-corrected chi connectivity index (χ3v) is 4.85. The summed E-state index contributed by atoms with van der Waals surface area (Å²) in [6, 6.07) is 12.7. The Balaban J connectivity index is 1.73. The van der Waals surface area contributed by atoms with Gasteiger partial charge in [0.1, 0.15) is 12.4 Å². The topological polar surface area (TPSA) is 69.4 Å². The lowest BCUT2D eigenvalue weighted by molar-refractivity contribution is -0.152. The fourth-order valence-electron chi connectivity index (χ4n) is 3.41. The minimum Gasteiger partial charge on any atom is -0.460 e. The molecule has 130 valence electrons. The second kappa shape index (κ2) is 7.05. The third kappa shape index (κ3) is 3.55. The van der Waals surface area contributed by atoms with Crippen molar-refractivity contribution >= 4 is 11.9 Å². The van der Waals surface area contributed by atoms with Gasteiger partial charge in [0.05, 0.1) is 5.41 Å². The highest BCUT2D eigenvalue weighted by atomic mass is 19.1. The molecule has 0 spiro atoms. The minimum absolute atomic E-state index is 0.126. The number of carbonyl (C=O) groups is 2. The molecule has 25 heavy (non-hydrogen) atoms. The van der Waals surface area contributed by atoms with Gasteiger partial charge in [-0.3, -0.25) is 9.59 Å². The number of esters is 1. The average molecular weight is 341 g/mol. The highest BCUT2D eigenvalue weighted by Crippen LogP contribution is 2.42. The van der Waals surface area contributed by atoms with Gasteiger partial charge in [0.15, 0.2) is 0 Å². The predicted molar refractivity (Wildman–Crippen MR) is 91.3 cm³/mol. The second-order valence-electron chi connectivity index (χ2n) is 6.43. The van der Waals surface area contributed by atoms with Crippen LogP contribution in [0.4, 0.5) is 4.39 Å². The zero-order valence-corrected chi connectivity index (χ0v) is 13.8. The van der Waals surface area contributed by atoms with Crippen LogP contribution < -0.4 is 5.73 Å². The Morgan fingerprint density at radius 1 is 1.00 bits per heavy atom. The van der Waals surface area contributed by atoms with Gasteiger partial charge >= 0.3 is 5.97 Å². The number of ether oxygens (including phenoxy) is 1. The summed E-state index contributed by atoms with van der Waals surface area (Å²) in [7, 11) is 0. The van der Waals surface area contributed by atoms with Crippen LogP contribution in [-0.2, 0) is 21.6 Å². The van der Waals surface area contributed by atoms with E-state index in [1.165, 1.54) is 12.1 Å². The van der Waals surface area contributed by atoms with Gasteiger partial charge < -0.3 is 10.5 Å². The summed E-state index contributed by atoms with van der Waals surface area (Å²) in [5.41, 5.74) is 6.52. The first kappa shape index (κ1) is 17.1. The molecule has 4 nitrogen and oxygen atoms in total. The van der Waals surface area contributed by atoms with E-state index in [0.717, 1.165) is 24.0 Å². The molecule has 0 aliphatic heterocycles. The third-order valence-electron chi connectivity index (χ3n) is 4.85. The Hall–Kier alpha value is -2.69. The lowest BCUT2D eigenvalue weighted by Gasteiger charge is -2.27. The van der Waals surface area contributed by atoms with Crippen LogP contribution in [-0.4, -0.2) is 11.9 Å². The average Bonchev–Trinajstić information content (AvgIpc) is 3.11. The number of carbonyl (C=O) groups excluding carboxylic acids is 2. The highest BCUT2D eigenvalue weighted by molar-refractivity contribution is 5.92. The van der Waals surface area contributed by atoms with E-state index in [-0.39, 0.29) is 18.4 Å². The maximum atomic E-state index is 13.2. The largest absolute Gasteiger partial charge is 0.460 e. The number of hydrogen-bond donors (Lipinski definition) is 1. The van der Waals surface area contributed by atoms with Crippen LogP contribution in [0.15, 0.2) is 48.5 Å². The van der Waals surface area contributed by atoms with Crippen molar-refractivity contribution in [1.82, 2.24) is 0 Å². The summed E-state index contributed by atoms with van der Waals surface area (Å²) in [5, 5.41) is 0. The molecule has 2 aromatic carbocycles. The van der Waals surface area contributed by atoms with Gasteiger partial charge in [0, 0.05) is 5.56 Å². The Labute approximate surface area is 145 Å². The van der Waals surface area contributed by atoms with E-state index in [1.807, 2.05) is 0 Å². The molecule has 1 amide bonds. The fourth-order valence-corrected chi connectivity index (χ4v) is 3.41. The number of hydrogen-bond acceptors (Lipinski definition) is 3. The van der Waals surface area contributed by atoms with Crippen LogP contribution in [0.25, 0.3) is 0 Å². The van der Waals surface area contributed by atoms with Crippen LogP contribution in [0.3, 0.4) is 0 Å². The standard InChI is InChI=1S/C20H20FNO3/c21-17-9-7-16(8-10-17)20(11-1-2-12-20)19(24)25-13-14-3-5-15(6-4-14)18(22)23/h3-10H,1-2,11-13H2,(H2,22,23). The zero-order chi connectivity index (χ0) is 17.9. The van der Waals surface area contributed by atoms with E-state index in [0.29, 0.717) is 18.4 Å². The van der Waals surface area contributed by atoms with Crippen molar-refractivity contribution in [2.45, 2.75) is 37.7 Å². The van der Waals surface area contributed by atoms with Crippen LogP contribution in [0.1, 0.15) is 47.2 Å². The Morgan fingerprint density at radius 2 is 1.60 bits per heavy atom. The number of benzene rings is 2. The second-order valence-corrected chi connectivity index (χ2v) is 6.43. The Bertz CT molecular complexity index is 763. The van der Waals surface area contributed by atoms with Crippen molar-refractivity contribution in [1.29, 1.82) is 0 Å². The number of halogens is 1. The lowest BCUT2D eigenvalue weighted by Crippen LogP contribution is -2.34. The summed E-state index contributed by atoms with van der Waals surface area (Å²) in [4.78, 5) is 23.9. The molecule has 0 atom stereocenters. The zero-order valence-electron chi connectivity index (χ0n) is 13.8. The van der Waals surface area contributed by atoms with Crippen molar-refractivity contribution in [3.63, 3.8) is 0 Å². The smallest absolute Gasteiger partial charge is 0.316 e. The molecule has 1 saturated carbocycles. The Kier molecular flexibility index (Phi) is 4.83. The molecule has 5 heteroatoms. The molecule has 0 saturated heterocycles. The van der Waals surface area contributed by atoms with Gasteiger partial charge in [-0.1, -0.05) is 37.1 Å². The molecule has 0 heterocycles. The summed E-state index contributed by atoms with van der Waals surface area (Å²) < 4.78 is 18.8. The van der Waals surface area contributed by atoms with Crippen molar-refractivity contribution in [3.8, 4) is 0 Å². The van der Waals surface area contributed by atoms with Gasteiger partial charge in [-0.15, -0.1) is 0 Å². The van der Waals surface area contributed by atoms with Crippen molar-refractivity contribution in [3.05, 3.63) is 71.0 Å². The van der Waals surface area contributed by atoms with E-state index in [2.05, 4.69) is 0 Å². The van der Waals surface area contributed by atoms with E-state index in [4.69, 9.17) is 10.5 Å². The maximum Gasteiger partial charge on any atom is 0.316 e. The van der Waals surface area contributed by atoms with Crippen LogP contribution in [0.2, 0.25) is 0 Å². The monoisotopic (exact) mass is 341 g/mol. The molecular weight excluding hydrogens is 321 g/mol. The number of rotatable bonds is 5. The van der Waals surface area contributed by atoms with Crippen LogP contribution in [0.5, 0.6) is 0 Å². The highest BCUT2D eigenvalue weighted by Gasteiger charge is 2.44. The summed E-state index contributed by atoms with van der Waals surface area (Å²) in [6.07, 6.45) is 3.30. The van der Waals surface area contributed by atoms with Gasteiger partial charge in [-0.05, 0) is 48.2 Å². The Morgan fingerprint density at radius 3 is 2.16 bits per heavy atom. The van der Waals surface area contributed by atoms with Gasteiger partial charge in [0.2, 0.25) is 5.91 Å². The van der Waals surface area contributed by atoms with E-state index in [9.17, 15) is 14.0 Å². The molecule has 0 radical (unpaired) electrons. The van der Waals surface area contributed by atoms with E-state index in [1.54, 1.807) is 36.4 Å². The van der Waals surface area contributed by atoms with Gasteiger partial charge in [-0.25, -0.2) is 4.39 Å². The first-order chi connectivity index (χ1) is 12.0. The molecular formula is C20H20FNO3. The van der Waals surface area contributed by atoms with Crippen LogP contribution >= 0.6 is 0 Å². The summed E-state index contributed by atoms with van der Waals surface area (Å²) >= 11 is 0.